The van der Waals surface area contributed by atoms with Crippen molar-refractivity contribution in [1.29, 1.82) is 0 Å². The molecule has 6 bridgehead atoms. The topological polar surface area (TPSA) is 157 Å². The smallest absolute Gasteiger partial charge is 0.270 e. The van der Waals surface area contributed by atoms with Gasteiger partial charge in [0.15, 0.2) is 0 Å². The Kier molecular flexibility index (Phi) is 15.0. The maximum Gasteiger partial charge on any atom is 0.270 e. The molecule has 12 nitrogen and oxygen atoms in total. The van der Waals surface area contributed by atoms with Crippen molar-refractivity contribution in [2.24, 2.45) is 0 Å². The predicted octanol–water partition coefficient (Wildman–Crippen LogP) is 9.79. The number of rotatable bonds is 15. The minimum absolute atomic E-state index is 0.0281. The third kappa shape index (κ3) is 10.9. The highest BCUT2D eigenvalue weighted by atomic mass is 16.6. The lowest BCUT2D eigenvalue weighted by Crippen LogP contribution is -2.09. The summed E-state index contributed by atoms with van der Waals surface area (Å²) in [5.74, 6) is 1.90. The first-order valence-electron chi connectivity index (χ1n) is 18.5. The number of nitro groups is 3. The van der Waals surface area contributed by atoms with Gasteiger partial charge in [0.05, 0.1) is 34.6 Å². The van der Waals surface area contributed by atoms with Crippen LogP contribution in [0.3, 0.4) is 0 Å². The monoisotopic (exact) mass is 705 g/mol. The first kappa shape index (κ1) is 39.1. The molecule has 0 fully saturated rings. The fraction of sp³-hybridized carbons (Fsp3) is 0.538. The highest BCUT2D eigenvalue weighted by molar-refractivity contribution is 5.54. The van der Waals surface area contributed by atoms with Crippen molar-refractivity contribution in [3.63, 3.8) is 0 Å². The second kappa shape index (κ2) is 19.6. The van der Waals surface area contributed by atoms with Crippen molar-refractivity contribution in [2.75, 3.05) is 19.8 Å². The SMILES string of the molecule is CCCCOc1c2cc([N+](=O)[O-])cc1CCCc1cc([N+](=O)[O-])cc(c1OCCCC)CCCc1cc([N+](=O)[O-])cc(c1OCCCC)CCC2. The number of unbranched alkanes of at least 4 members (excludes halogenated alkanes) is 3. The molecule has 0 unspecified atom stereocenters. The molecule has 4 rings (SSSR count). The Labute approximate surface area is 300 Å². The molecule has 276 valence electrons. The average molecular weight is 706 g/mol. The van der Waals surface area contributed by atoms with Crippen LogP contribution in [0.1, 0.15) is 112 Å². The molecule has 0 saturated carbocycles. The van der Waals surface area contributed by atoms with Crippen LogP contribution in [0.15, 0.2) is 36.4 Å². The summed E-state index contributed by atoms with van der Waals surface area (Å²) >= 11 is 0. The molecule has 3 aromatic carbocycles. The maximum absolute atomic E-state index is 12.1. The number of ether oxygens (including phenoxy) is 3. The Bertz CT molecular complexity index is 1400. The van der Waals surface area contributed by atoms with Crippen LogP contribution >= 0.6 is 0 Å². The molecule has 51 heavy (non-hydrogen) atoms. The Morgan fingerprint density at radius 3 is 0.843 bits per heavy atom. The number of fused-ring (bicyclic) bond motifs is 6. The van der Waals surface area contributed by atoms with E-state index in [0.717, 1.165) is 71.9 Å². The van der Waals surface area contributed by atoms with Crippen LogP contribution in [0, 0.1) is 30.3 Å². The van der Waals surface area contributed by atoms with Crippen molar-refractivity contribution < 1.29 is 29.0 Å². The van der Waals surface area contributed by atoms with Gasteiger partial charge < -0.3 is 14.2 Å². The van der Waals surface area contributed by atoms with E-state index in [-0.39, 0.29) is 17.1 Å². The molecule has 0 atom stereocenters. The molecule has 3 aromatic rings. The predicted molar refractivity (Wildman–Crippen MR) is 197 cm³/mol. The molecule has 0 aromatic heterocycles. The van der Waals surface area contributed by atoms with Crippen molar-refractivity contribution in [3.05, 3.63) is 100 Å². The summed E-state index contributed by atoms with van der Waals surface area (Å²) in [6.07, 6.45) is 9.72. The minimum Gasteiger partial charge on any atom is -0.493 e. The van der Waals surface area contributed by atoms with Gasteiger partial charge in [0.2, 0.25) is 0 Å². The highest BCUT2D eigenvalue weighted by Crippen LogP contribution is 2.38. The fourth-order valence-corrected chi connectivity index (χ4v) is 6.56. The van der Waals surface area contributed by atoms with E-state index < -0.39 is 14.8 Å². The van der Waals surface area contributed by atoms with E-state index >= 15 is 0 Å². The normalized spacial score (nSPS) is 13.5. The summed E-state index contributed by atoms with van der Waals surface area (Å²) < 4.78 is 19.0. The zero-order valence-electron chi connectivity index (χ0n) is 30.2. The summed E-state index contributed by atoms with van der Waals surface area (Å²) in [5.41, 5.74) is 4.23. The number of hydrogen-bond donors (Lipinski definition) is 0. The van der Waals surface area contributed by atoms with Gasteiger partial charge in [-0.25, -0.2) is 0 Å². The summed E-state index contributed by atoms with van der Waals surface area (Å²) in [7, 11) is 0. The minimum atomic E-state index is -0.395. The van der Waals surface area contributed by atoms with Gasteiger partial charge in [0.1, 0.15) is 17.2 Å². The van der Waals surface area contributed by atoms with Crippen LogP contribution < -0.4 is 14.2 Å². The molecule has 1 aliphatic rings. The lowest BCUT2D eigenvalue weighted by molar-refractivity contribution is -0.385. The lowest BCUT2D eigenvalue weighted by Gasteiger charge is -2.20. The van der Waals surface area contributed by atoms with Gasteiger partial charge in [-0.1, -0.05) is 40.0 Å². The Balaban J connectivity index is 1.89. The van der Waals surface area contributed by atoms with Gasteiger partial charge in [0, 0.05) is 69.8 Å². The molecule has 0 aliphatic heterocycles. The summed E-state index contributed by atoms with van der Waals surface area (Å²) in [4.78, 5) is 35.2. The van der Waals surface area contributed by atoms with Crippen LogP contribution in [0.5, 0.6) is 17.2 Å². The van der Waals surface area contributed by atoms with Crippen LogP contribution in [0.4, 0.5) is 17.1 Å². The Hall–Kier alpha value is -4.74. The zero-order valence-corrected chi connectivity index (χ0v) is 30.2. The molecule has 0 spiro atoms. The largest absolute Gasteiger partial charge is 0.493 e. The van der Waals surface area contributed by atoms with Crippen LogP contribution in [-0.2, 0) is 38.5 Å². The van der Waals surface area contributed by atoms with Crippen molar-refractivity contribution in [3.8, 4) is 17.2 Å². The zero-order chi connectivity index (χ0) is 36.8. The Morgan fingerprint density at radius 2 is 0.667 bits per heavy atom. The molecule has 0 radical (unpaired) electrons. The summed E-state index contributed by atoms with van der Waals surface area (Å²) in [5, 5.41) is 36.4. The number of benzene rings is 3. The van der Waals surface area contributed by atoms with Gasteiger partial charge in [-0.3, -0.25) is 30.3 Å². The van der Waals surface area contributed by atoms with Gasteiger partial charge >= 0.3 is 0 Å². The number of nitro benzene ring substituents is 3. The van der Waals surface area contributed by atoms with E-state index in [1.54, 1.807) is 36.4 Å². The van der Waals surface area contributed by atoms with Crippen molar-refractivity contribution >= 4 is 17.1 Å². The Morgan fingerprint density at radius 1 is 0.451 bits per heavy atom. The standard InChI is InChI=1S/C39H51N3O9/c1-4-7-19-49-37-28-13-10-15-30-24-35(41(45)46)26-32(38(30)50-20-8-5-2)17-12-18-33-27-36(42(47)48)25-31(39(33)51-21-9-6-3)16-11-14-29(37)23-34(22-28)40(43)44/h22-27H,4-21H2,1-3H3. The molecule has 12 heteroatoms. The number of aryl methyl sites for hydroxylation is 6. The second-order valence-electron chi connectivity index (χ2n) is 13.2. The van der Waals surface area contributed by atoms with E-state index in [1.165, 1.54) is 0 Å². The maximum atomic E-state index is 12.1. The lowest BCUT2D eigenvalue weighted by atomic mass is 9.93. The highest BCUT2D eigenvalue weighted by Gasteiger charge is 2.23. The molecule has 0 amide bonds. The van der Waals surface area contributed by atoms with Gasteiger partial charge in [-0.05, 0) is 77.0 Å². The van der Waals surface area contributed by atoms with Crippen LogP contribution in [-0.4, -0.2) is 34.6 Å². The number of nitrogens with zero attached hydrogens (tertiary/aromatic N) is 3. The van der Waals surface area contributed by atoms with E-state index in [4.69, 9.17) is 14.2 Å². The van der Waals surface area contributed by atoms with E-state index in [0.29, 0.717) is 94.9 Å². The van der Waals surface area contributed by atoms with Gasteiger partial charge in [0.25, 0.3) is 17.1 Å². The first-order valence-corrected chi connectivity index (χ1v) is 18.5. The summed E-state index contributed by atoms with van der Waals surface area (Å²) in [6, 6.07) is 9.46. The number of hydrogen-bond acceptors (Lipinski definition) is 9. The molecule has 1 aliphatic carbocycles. The van der Waals surface area contributed by atoms with Gasteiger partial charge in [-0.2, -0.15) is 0 Å². The molecule has 0 saturated heterocycles. The van der Waals surface area contributed by atoms with Crippen LogP contribution in [0.2, 0.25) is 0 Å². The fourth-order valence-electron chi connectivity index (χ4n) is 6.56. The molecular formula is C39H51N3O9. The molecule has 0 N–H and O–H groups in total. The average Bonchev–Trinajstić information content (AvgIpc) is 3.10. The molecular weight excluding hydrogens is 654 g/mol. The molecule has 0 heterocycles. The van der Waals surface area contributed by atoms with Crippen molar-refractivity contribution in [1.82, 2.24) is 0 Å². The van der Waals surface area contributed by atoms with Crippen molar-refractivity contribution in [2.45, 2.75) is 117 Å². The quantitative estimate of drug-likeness (QED) is 0.0852. The van der Waals surface area contributed by atoms with Crippen LogP contribution in [0.25, 0.3) is 0 Å². The van der Waals surface area contributed by atoms with Gasteiger partial charge in [-0.15, -0.1) is 0 Å². The van der Waals surface area contributed by atoms with E-state index in [1.807, 2.05) is 0 Å². The summed E-state index contributed by atoms with van der Waals surface area (Å²) in [6.45, 7) is 7.58. The van der Waals surface area contributed by atoms with E-state index in [2.05, 4.69) is 20.8 Å². The first-order chi connectivity index (χ1) is 24.7. The third-order valence-electron chi connectivity index (χ3n) is 9.22. The third-order valence-corrected chi connectivity index (χ3v) is 9.22. The number of non-ortho nitro benzene ring substituents is 3. The second-order valence-corrected chi connectivity index (χ2v) is 13.2. The van der Waals surface area contributed by atoms with E-state index in [9.17, 15) is 30.3 Å².